The maximum absolute atomic E-state index is 5.94. The minimum absolute atomic E-state index is 0.499. The first-order valence-corrected chi connectivity index (χ1v) is 6.93. The van der Waals surface area contributed by atoms with E-state index in [2.05, 4.69) is 40.1 Å². The van der Waals surface area contributed by atoms with Crippen molar-refractivity contribution in [3.63, 3.8) is 0 Å². The molecule has 1 saturated carbocycles. The molecule has 2 rings (SSSR count). The summed E-state index contributed by atoms with van der Waals surface area (Å²) in [6, 6.07) is 0.532. The van der Waals surface area contributed by atoms with Gasteiger partial charge in [0.15, 0.2) is 0 Å². The highest BCUT2D eigenvalue weighted by Crippen LogP contribution is 2.37. The van der Waals surface area contributed by atoms with Gasteiger partial charge in [-0.25, -0.2) is 0 Å². The first kappa shape index (κ1) is 12.7. The molecule has 0 bridgehead atoms. The van der Waals surface area contributed by atoms with Crippen LogP contribution in [0, 0.1) is 5.41 Å². The van der Waals surface area contributed by atoms with Crippen LogP contribution in [0.3, 0.4) is 0 Å². The Hall–Kier alpha value is -0.770. The number of anilines is 2. The summed E-state index contributed by atoms with van der Waals surface area (Å²) in [6.45, 7) is 4.69. The van der Waals surface area contributed by atoms with Gasteiger partial charge in [-0.15, -0.1) is 0 Å². The van der Waals surface area contributed by atoms with Crippen molar-refractivity contribution in [1.29, 1.82) is 0 Å². The molecule has 1 aliphatic rings. The standard InChI is InChI=1S/C13H20BrN3/c1-13(2)5-3-9(4-6-13)17-12-10(14)7-16-8-11(12)15/h7-9H,3-6,15H2,1-2H3,(H,16,17). The lowest BCUT2D eigenvalue weighted by Crippen LogP contribution is -2.30. The Labute approximate surface area is 111 Å². The monoisotopic (exact) mass is 297 g/mol. The zero-order chi connectivity index (χ0) is 12.5. The molecule has 17 heavy (non-hydrogen) atoms. The molecule has 0 saturated heterocycles. The van der Waals surface area contributed by atoms with Crippen LogP contribution in [0.1, 0.15) is 39.5 Å². The smallest absolute Gasteiger partial charge is 0.0752 e. The Morgan fingerprint density at radius 2 is 2.00 bits per heavy atom. The molecule has 1 aliphatic carbocycles. The second-order valence-electron chi connectivity index (χ2n) is 5.67. The van der Waals surface area contributed by atoms with Crippen LogP contribution in [0.15, 0.2) is 16.9 Å². The van der Waals surface area contributed by atoms with Crippen molar-refractivity contribution in [3.8, 4) is 0 Å². The van der Waals surface area contributed by atoms with Gasteiger partial charge in [0.2, 0.25) is 0 Å². The van der Waals surface area contributed by atoms with Crippen LogP contribution < -0.4 is 11.1 Å². The van der Waals surface area contributed by atoms with E-state index in [0.717, 1.165) is 10.2 Å². The highest BCUT2D eigenvalue weighted by Gasteiger charge is 2.27. The first-order valence-electron chi connectivity index (χ1n) is 6.13. The third-order valence-corrected chi connectivity index (χ3v) is 4.22. The van der Waals surface area contributed by atoms with Gasteiger partial charge in [0.1, 0.15) is 0 Å². The van der Waals surface area contributed by atoms with Gasteiger partial charge in [0, 0.05) is 12.2 Å². The van der Waals surface area contributed by atoms with Gasteiger partial charge < -0.3 is 11.1 Å². The third kappa shape index (κ3) is 3.12. The SMILES string of the molecule is CC1(C)CCC(Nc2c(N)cncc2Br)CC1. The summed E-state index contributed by atoms with van der Waals surface area (Å²) in [7, 11) is 0. The minimum atomic E-state index is 0.499. The Bertz CT molecular complexity index is 373. The first-order chi connectivity index (χ1) is 7.98. The van der Waals surface area contributed by atoms with Crippen LogP contribution in [0.5, 0.6) is 0 Å². The van der Waals surface area contributed by atoms with Crippen molar-refractivity contribution in [2.45, 2.75) is 45.6 Å². The summed E-state index contributed by atoms with van der Waals surface area (Å²) >= 11 is 3.49. The Morgan fingerprint density at radius 1 is 1.35 bits per heavy atom. The summed E-state index contributed by atoms with van der Waals surface area (Å²) in [6.07, 6.45) is 8.44. The normalized spacial score (nSPS) is 20.2. The molecule has 1 aromatic heterocycles. The summed E-state index contributed by atoms with van der Waals surface area (Å²) < 4.78 is 0.947. The zero-order valence-electron chi connectivity index (χ0n) is 10.5. The lowest BCUT2D eigenvalue weighted by molar-refractivity contribution is 0.232. The van der Waals surface area contributed by atoms with Crippen LogP contribution >= 0.6 is 15.9 Å². The predicted molar refractivity (Wildman–Crippen MR) is 76.0 cm³/mol. The molecule has 1 aromatic rings. The van der Waals surface area contributed by atoms with Crippen LogP contribution in [0.2, 0.25) is 0 Å². The molecule has 1 fully saturated rings. The van der Waals surface area contributed by atoms with Gasteiger partial charge >= 0.3 is 0 Å². The maximum Gasteiger partial charge on any atom is 0.0752 e. The number of aromatic nitrogens is 1. The quantitative estimate of drug-likeness (QED) is 0.873. The van der Waals surface area contributed by atoms with E-state index in [0.29, 0.717) is 17.1 Å². The van der Waals surface area contributed by atoms with E-state index < -0.39 is 0 Å². The topological polar surface area (TPSA) is 50.9 Å². The number of nitrogens with one attached hydrogen (secondary N) is 1. The molecule has 0 aliphatic heterocycles. The number of rotatable bonds is 2. The predicted octanol–water partition coefficient (Wildman–Crippen LogP) is 3.81. The molecule has 3 N–H and O–H groups in total. The number of hydrogen-bond donors (Lipinski definition) is 2. The molecule has 94 valence electrons. The average molecular weight is 298 g/mol. The van der Waals surface area contributed by atoms with Gasteiger partial charge in [-0.2, -0.15) is 0 Å². The minimum Gasteiger partial charge on any atom is -0.396 e. The number of hydrogen-bond acceptors (Lipinski definition) is 3. The van der Waals surface area contributed by atoms with Gasteiger partial charge in [-0.1, -0.05) is 13.8 Å². The number of nitrogens with two attached hydrogens (primary N) is 1. The van der Waals surface area contributed by atoms with Crippen molar-refractivity contribution in [2.24, 2.45) is 5.41 Å². The molecule has 1 heterocycles. The van der Waals surface area contributed by atoms with Crippen LogP contribution in [0.25, 0.3) is 0 Å². The van der Waals surface area contributed by atoms with Gasteiger partial charge in [0.05, 0.1) is 22.0 Å². The fourth-order valence-electron chi connectivity index (χ4n) is 2.35. The van der Waals surface area contributed by atoms with Crippen LogP contribution in [-0.2, 0) is 0 Å². The van der Waals surface area contributed by atoms with E-state index in [1.807, 2.05) is 0 Å². The van der Waals surface area contributed by atoms with Crippen molar-refractivity contribution < 1.29 is 0 Å². The molecule has 4 heteroatoms. The molecule has 0 atom stereocenters. The van der Waals surface area contributed by atoms with E-state index in [4.69, 9.17) is 5.73 Å². The molecular weight excluding hydrogens is 278 g/mol. The number of pyridine rings is 1. The Morgan fingerprint density at radius 3 is 2.59 bits per heavy atom. The molecule has 0 radical (unpaired) electrons. The van der Waals surface area contributed by atoms with E-state index in [1.165, 1.54) is 25.7 Å². The Kier molecular flexibility index (Phi) is 3.61. The van der Waals surface area contributed by atoms with E-state index in [9.17, 15) is 0 Å². The lowest BCUT2D eigenvalue weighted by Gasteiger charge is -2.35. The number of nitrogen functional groups attached to an aromatic ring is 1. The fourth-order valence-corrected chi connectivity index (χ4v) is 2.81. The van der Waals surface area contributed by atoms with Gasteiger partial charge in [-0.3, -0.25) is 4.98 Å². The Balaban J connectivity index is 2.03. The van der Waals surface area contributed by atoms with E-state index >= 15 is 0 Å². The molecule has 0 unspecified atom stereocenters. The van der Waals surface area contributed by atoms with Gasteiger partial charge in [-0.05, 0) is 47.0 Å². The second kappa shape index (κ2) is 4.84. The van der Waals surface area contributed by atoms with Crippen molar-refractivity contribution in [3.05, 3.63) is 16.9 Å². The van der Waals surface area contributed by atoms with E-state index in [-0.39, 0.29) is 0 Å². The zero-order valence-corrected chi connectivity index (χ0v) is 12.0. The van der Waals surface area contributed by atoms with Crippen LogP contribution in [-0.4, -0.2) is 11.0 Å². The molecule has 3 nitrogen and oxygen atoms in total. The van der Waals surface area contributed by atoms with Crippen molar-refractivity contribution >= 4 is 27.3 Å². The second-order valence-corrected chi connectivity index (χ2v) is 6.52. The number of nitrogens with zero attached hydrogens (tertiary/aromatic N) is 1. The molecule has 0 amide bonds. The molecule has 0 aromatic carbocycles. The lowest BCUT2D eigenvalue weighted by atomic mass is 9.75. The average Bonchev–Trinajstić information content (AvgIpc) is 2.26. The van der Waals surface area contributed by atoms with Gasteiger partial charge in [0.25, 0.3) is 0 Å². The summed E-state index contributed by atoms with van der Waals surface area (Å²) in [4.78, 5) is 4.05. The largest absolute Gasteiger partial charge is 0.396 e. The highest BCUT2D eigenvalue weighted by molar-refractivity contribution is 9.10. The van der Waals surface area contributed by atoms with Crippen LogP contribution in [0.4, 0.5) is 11.4 Å². The summed E-state index contributed by atoms with van der Waals surface area (Å²) in [5.74, 6) is 0. The summed E-state index contributed by atoms with van der Waals surface area (Å²) in [5.41, 5.74) is 8.14. The van der Waals surface area contributed by atoms with Crippen molar-refractivity contribution in [1.82, 2.24) is 4.98 Å². The fraction of sp³-hybridized carbons (Fsp3) is 0.615. The molecular formula is C13H20BrN3. The summed E-state index contributed by atoms with van der Waals surface area (Å²) in [5, 5.41) is 3.54. The molecule has 0 spiro atoms. The highest BCUT2D eigenvalue weighted by atomic mass is 79.9. The maximum atomic E-state index is 5.94. The van der Waals surface area contributed by atoms with Crippen molar-refractivity contribution in [2.75, 3.05) is 11.1 Å². The third-order valence-electron chi connectivity index (χ3n) is 3.62. The number of halogens is 1. The van der Waals surface area contributed by atoms with E-state index in [1.54, 1.807) is 12.4 Å².